The molecule has 1 unspecified atom stereocenters. The summed E-state index contributed by atoms with van der Waals surface area (Å²) in [6, 6.07) is 14.1. The molecule has 3 rings (SSSR count). The molecular formula is C18H21N3O. The highest BCUT2D eigenvalue weighted by atomic mass is 16.2. The van der Waals surface area contributed by atoms with Gasteiger partial charge in [0.25, 0.3) is 0 Å². The van der Waals surface area contributed by atoms with Gasteiger partial charge in [0, 0.05) is 24.5 Å². The number of anilines is 1. The number of pyridine rings is 1. The first-order chi connectivity index (χ1) is 10.8. The van der Waals surface area contributed by atoms with Crippen molar-refractivity contribution >= 4 is 11.6 Å². The van der Waals surface area contributed by atoms with Crippen LogP contribution in [-0.4, -0.2) is 24.0 Å². The van der Waals surface area contributed by atoms with Crippen LogP contribution < -0.4 is 10.2 Å². The number of para-hydroxylation sites is 1. The molecule has 1 aliphatic rings. The number of rotatable bonds is 4. The maximum atomic E-state index is 12.5. The van der Waals surface area contributed by atoms with Crippen LogP contribution in [0.4, 0.5) is 5.69 Å². The van der Waals surface area contributed by atoms with Crippen LogP contribution in [0.2, 0.25) is 0 Å². The number of nitrogens with zero attached hydrogens (tertiary/aromatic N) is 2. The highest BCUT2D eigenvalue weighted by Crippen LogP contribution is 2.26. The van der Waals surface area contributed by atoms with E-state index in [1.165, 1.54) is 5.56 Å². The van der Waals surface area contributed by atoms with Gasteiger partial charge in [-0.05, 0) is 43.5 Å². The summed E-state index contributed by atoms with van der Waals surface area (Å²) in [7, 11) is 0. The molecule has 1 atom stereocenters. The van der Waals surface area contributed by atoms with E-state index in [4.69, 9.17) is 0 Å². The molecule has 0 fully saturated rings. The maximum Gasteiger partial charge on any atom is 0.240 e. The Labute approximate surface area is 131 Å². The monoisotopic (exact) mass is 295 g/mol. The third-order valence-corrected chi connectivity index (χ3v) is 4.10. The molecule has 1 aromatic carbocycles. The molecule has 1 aliphatic heterocycles. The van der Waals surface area contributed by atoms with Gasteiger partial charge >= 0.3 is 0 Å². The fraction of sp³-hybridized carbons (Fsp3) is 0.333. The molecule has 2 heterocycles. The van der Waals surface area contributed by atoms with E-state index in [0.29, 0.717) is 6.54 Å². The molecule has 22 heavy (non-hydrogen) atoms. The normalized spacial score (nSPS) is 15.2. The van der Waals surface area contributed by atoms with Crippen molar-refractivity contribution in [3.63, 3.8) is 0 Å². The van der Waals surface area contributed by atoms with Gasteiger partial charge in [0.2, 0.25) is 5.91 Å². The zero-order chi connectivity index (χ0) is 15.4. The van der Waals surface area contributed by atoms with E-state index < -0.39 is 0 Å². The van der Waals surface area contributed by atoms with E-state index in [1.54, 1.807) is 6.20 Å². The third kappa shape index (κ3) is 3.17. The molecule has 0 saturated carbocycles. The first kappa shape index (κ1) is 14.7. The Kier molecular flexibility index (Phi) is 4.49. The molecule has 4 nitrogen and oxygen atoms in total. The molecule has 1 N–H and O–H groups in total. The van der Waals surface area contributed by atoms with E-state index >= 15 is 0 Å². The van der Waals surface area contributed by atoms with Crippen LogP contribution in [0.15, 0.2) is 48.7 Å². The van der Waals surface area contributed by atoms with Crippen LogP contribution in [0.1, 0.15) is 30.6 Å². The quantitative estimate of drug-likeness (QED) is 0.943. The molecular weight excluding hydrogens is 274 g/mol. The van der Waals surface area contributed by atoms with Gasteiger partial charge in [0.1, 0.15) is 0 Å². The van der Waals surface area contributed by atoms with Crippen molar-refractivity contribution < 1.29 is 4.79 Å². The van der Waals surface area contributed by atoms with Crippen molar-refractivity contribution in [1.29, 1.82) is 0 Å². The number of carbonyl (C=O) groups is 1. The molecule has 0 aliphatic carbocycles. The van der Waals surface area contributed by atoms with Gasteiger partial charge in [0.15, 0.2) is 0 Å². The smallest absolute Gasteiger partial charge is 0.240 e. The fourth-order valence-corrected chi connectivity index (χ4v) is 2.87. The zero-order valence-corrected chi connectivity index (χ0v) is 12.8. The summed E-state index contributed by atoms with van der Waals surface area (Å²) in [4.78, 5) is 18.8. The first-order valence-electron chi connectivity index (χ1n) is 7.78. The molecule has 4 heteroatoms. The van der Waals surface area contributed by atoms with Gasteiger partial charge in [-0.15, -0.1) is 0 Å². The summed E-state index contributed by atoms with van der Waals surface area (Å²) in [6.07, 6.45) is 3.85. The predicted octanol–water partition coefficient (Wildman–Crippen LogP) is 2.71. The van der Waals surface area contributed by atoms with Crippen LogP contribution in [0.5, 0.6) is 0 Å². The molecule has 0 spiro atoms. The molecule has 0 bridgehead atoms. The Morgan fingerprint density at radius 2 is 2.09 bits per heavy atom. The van der Waals surface area contributed by atoms with Crippen LogP contribution in [0, 0.1) is 0 Å². The standard InChI is InChI=1S/C18H21N3O/c1-14(16-9-4-5-11-19-16)20-13-18(22)21-12-6-8-15-7-2-3-10-17(15)21/h2-5,7,9-11,14,20H,6,8,12-13H2,1H3. The van der Waals surface area contributed by atoms with Gasteiger partial charge in [-0.25, -0.2) is 0 Å². The lowest BCUT2D eigenvalue weighted by atomic mass is 10.0. The lowest BCUT2D eigenvalue weighted by Gasteiger charge is -2.30. The van der Waals surface area contributed by atoms with Gasteiger partial charge in [0.05, 0.1) is 12.2 Å². The van der Waals surface area contributed by atoms with Crippen molar-refractivity contribution in [1.82, 2.24) is 10.3 Å². The minimum Gasteiger partial charge on any atom is -0.311 e. The largest absolute Gasteiger partial charge is 0.311 e. The number of hydrogen-bond acceptors (Lipinski definition) is 3. The molecule has 0 saturated heterocycles. The van der Waals surface area contributed by atoms with Crippen molar-refractivity contribution in [3.05, 3.63) is 59.9 Å². The lowest BCUT2D eigenvalue weighted by molar-refractivity contribution is -0.118. The number of nitrogens with one attached hydrogen (secondary N) is 1. The maximum absolute atomic E-state index is 12.5. The van der Waals surface area contributed by atoms with Crippen LogP contribution in [0.3, 0.4) is 0 Å². The van der Waals surface area contributed by atoms with E-state index in [1.807, 2.05) is 48.2 Å². The second-order valence-corrected chi connectivity index (χ2v) is 5.63. The number of amides is 1. The van der Waals surface area contributed by atoms with Crippen molar-refractivity contribution in [2.75, 3.05) is 18.0 Å². The Bertz CT molecular complexity index is 642. The second-order valence-electron chi connectivity index (χ2n) is 5.63. The molecule has 1 aromatic heterocycles. The average molecular weight is 295 g/mol. The Morgan fingerprint density at radius 1 is 1.27 bits per heavy atom. The number of carbonyl (C=O) groups excluding carboxylic acids is 1. The van der Waals surface area contributed by atoms with E-state index in [0.717, 1.165) is 30.8 Å². The predicted molar refractivity (Wildman–Crippen MR) is 87.8 cm³/mol. The summed E-state index contributed by atoms with van der Waals surface area (Å²) in [5.74, 6) is 0.120. The van der Waals surface area contributed by atoms with Gasteiger partial charge < -0.3 is 10.2 Å². The summed E-state index contributed by atoms with van der Waals surface area (Å²) in [6.45, 7) is 3.15. The zero-order valence-electron chi connectivity index (χ0n) is 12.8. The lowest BCUT2D eigenvalue weighted by Crippen LogP contribution is -2.41. The number of hydrogen-bond donors (Lipinski definition) is 1. The van der Waals surface area contributed by atoms with Crippen molar-refractivity contribution in [2.24, 2.45) is 0 Å². The summed E-state index contributed by atoms with van der Waals surface area (Å²) in [5, 5.41) is 3.27. The number of fused-ring (bicyclic) bond motifs is 1. The first-order valence-corrected chi connectivity index (χ1v) is 7.78. The van der Waals surface area contributed by atoms with Gasteiger partial charge in [-0.2, -0.15) is 0 Å². The van der Waals surface area contributed by atoms with E-state index in [-0.39, 0.29) is 11.9 Å². The van der Waals surface area contributed by atoms with Gasteiger partial charge in [-0.1, -0.05) is 24.3 Å². The highest BCUT2D eigenvalue weighted by Gasteiger charge is 2.22. The molecule has 1 amide bonds. The average Bonchev–Trinajstić information content (AvgIpc) is 2.59. The van der Waals surface area contributed by atoms with Crippen molar-refractivity contribution in [2.45, 2.75) is 25.8 Å². The van der Waals surface area contributed by atoms with Gasteiger partial charge in [-0.3, -0.25) is 9.78 Å². The van der Waals surface area contributed by atoms with Crippen LogP contribution in [-0.2, 0) is 11.2 Å². The minimum absolute atomic E-state index is 0.0604. The molecule has 2 aromatic rings. The highest BCUT2D eigenvalue weighted by molar-refractivity contribution is 5.95. The summed E-state index contributed by atoms with van der Waals surface area (Å²) in [5.41, 5.74) is 3.28. The number of aryl methyl sites for hydroxylation is 1. The molecule has 114 valence electrons. The van der Waals surface area contributed by atoms with Crippen LogP contribution >= 0.6 is 0 Å². The van der Waals surface area contributed by atoms with E-state index in [2.05, 4.69) is 16.4 Å². The van der Waals surface area contributed by atoms with Crippen LogP contribution in [0.25, 0.3) is 0 Å². The molecule has 0 radical (unpaired) electrons. The minimum atomic E-state index is 0.0604. The summed E-state index contributed by atoms with van der Waals surface area (Å²) >= 11 is 0. The third-order valence-electron chi connectivity index (χ3n) is 4.10. The fourth-order valence-electron chi connectivity index (χ4n) is 2.87. The summed E-state index contributed by atoms with van der Waals surface area (Å²) < 4.78 is 0. The Morgan fingerprint density at radius 3 is 2.91 bits per heavy atom. The Hall–Kier alpha value is -2.20. The SMILES string of the molecule is CC(NCC(=O)N1CCCc2ccccc21)c1ccccn1. The Balaban J connectivity index is 1.64. The number of benzene rings is 1. The number of aromatic nitrogens is 1. The second kappa shape index (κ2) is 6.71. The van der Waals surface area contributed by atoms with E-state index in [9.17, 15) is 4.79 Å². The van der Waals surface area contributed by atoms with Crippen molar-refractivity contribution in [3.8, 4) is 0 Å². The topological polar surface area (TPSA) is 45.2 Å².